The maximum atomic E-state index is 12.9. The number of nitrogens with one attached hydrogen (secondary N) is 2. The monoisotopic (exact) mass is 430 g/mol. The van der Waals surface area contributed by atoms with Crippen LogP contribution in [0.15, 0.2) is 42.5 Å². The van der Waals surface area contributed by atoms with Gasteiger partial charge in [-0.3, -0.25) is 29.3 Å². The summed E-state index contributed by atoms with van der Waals surface area (Å²) < 4.78 is 0. The number of carbonyl (C=O) groups excluding carboxylic acids is 5. The van der Waals surface area contributed by atoms with E-state index in [-0.39, 0.29) is 43.3 Å². The van der Waals surface area contributed by atoms with Crippen molar-refractivity contribution in [3.8, 4) is 6.07 Å². The van der Waals surface area contributed by atoms with Crippen LogP contribution >= 0.6 is 0 Å². The van der Waals surface area contributed by atoms with Crippen molar-refractivity contribution < 1.29 is 24.0 Å². The molecule has 1 fully saturated rings. The van der Waals surface area contributed by atoms with Crippen LogP contribution in [0.25, 0.3) is 0 Å². The minimum atomic E-state index is -0.807. The van der Waals surface area contributed by atoms with Crippen molar-refractivity contribution in [3.05, 3.63) is 70.3 Å². The van der Waals surface area contributed by atoms with Crippen LogP contribution in [0.3, 0.4) is 0 Å². The predicted molar refractivity (Wildman–Crippen MR) is 110 cm³/mol. The summed E-state index contributed by atoms with van der Waals surface area (Å²) in [6.07, 6.45) is 0.423. The number of fused-ring (bicyclic) bond motifs is 1. The number of piperidine rings is 1. The van der Waals surface area contributed by atoms with Crippen LogP contribution in [0.5, 0.6) is 0 Å². The molecular formula is C23H18N4O5. The smallest absolute Gasteiger partial charge is 0.292 e. The molecule has 2 aromatic rings. The lowest BCUT2D eigenvalue weighted by Gasteiger charge is -2.29. The molecule has 160 valence electrons. The van der Waals surface area contributed by atoms with Gasteiger partial charge in [0.25, 0.3) is 11.8 Å². The number of imide groups is 1. The highest BCUT2D eigenvalue weighted by molar-refractivity contribution is 6.42. The molecule has 0 radical (unpaired) electrons. The molecule has 2 aromatic carbocycles. The summed E-state index contributed by atoms with van der Waals surface area (Å²) in [6, 6.07) is 12.0. The fourth-order valence-electron chi connectivity index (χ4n) is 3.90. The van der Waals surface area contributed by atoms with Crippen molar-refractivity contribution >= 4 is 29.4 Å². The minimum Gasteiger partial charge on any atom is -0.345 e. The van der Waals surface area contributed by atoms with Crippen molar-refractivity contribution in [1.82, 2.24) is 15.5 Å². The zero-order chi connectivity index (χ0) is 22.8. The molecule has 1 saturated heterocycles. The first-order valence-corrected chi connectivity index (χ1v) is 9.97. The van der Waals surface area contributed by atoms with Gasteiger partial charge in [0.1, 0.15) is 6.04 Å². The number of rotatable bonds is 5. The first-order valence-electron chi connectivity index (χ1n) is 9.97. The maximum absolute atomic E-state index is 12.9. The normalized spacial score (nSPS) is 17.4. The van der Waals surface area contributed by atoms with Crippen molar-refractivity contribution in [1.29, 1.82) is 5.26 Å². The van der Waals surface area contributed by atoms with Gasteiger partial charge in [0.15, 0.2) is 0 Å². The molecule has 2 aliphatic rings. The van der Waals surface area contributed by atoms with E-state index in [1.54, 1.807) is 18.2 Å². The second-order valence-corrected chi connectivity index (χ2v) is 7.54. The molecule has 32 heavy (non-hydrogen) atoms. The quantitative estimate of drug-likeness (QED) is 0.409. The van der Waals surface area contributed by atoms with Gasteiger partial charge in [0, 0.05) is 30.6 Å². The van der Waals surface area contributed by atoms with Crippen LogP contribution in [0, 0.1) is 11.3 Å². The van der Waals surface area contributed by atoms with E-state index in [0.29, 0.717) is 22.3 Å². The van der Waals surface area contributed by atoms with Gasteiger partial charge in [-0.2, -0.15) is 5.26 Å². The molecule has 2 N–H and O–H groups in total. The highest BCUT2D eigenvalue weighted by atomic mass is 16.2. The molecule has 9 heteroatoms. The molecule has 4 rings (SSSR count). The average molecular weight is 430 g/mol. The Morgan fingerprint density at radius 1 is 1.12 bits per heavy atom. The van der Waals surface area contributed by atoms with Gasteiger partial charge in [-0.05, 0) is 47.9 Å². The first-order chi connectivity index (χ1) is 15.4. The summed E-state index contributed by atoms with van der Waals surface area (Å²) in [5.41, 5.74) is 2.31. The molecule has 0 aromatic heterocycles. The molecule has 2 aliphatic heterocycles. The molecular weight excluding hydrogens is 412 g/mol. The molecule has 0 bridgehead atoms. The fraction of sp³-hybridized carbons (Fsp3) is 0.217. The van der Waals surface area contributed by atoms with Crippen molar-refractivity contribution in [2.75, 3.05) is 0 Å². The average Bonchev–Trinajstić information content (AvgIpc) is 3.14. The van der Waals surface area contributed by atoms with Gasteiger partial charge in [0.05, 0.1) is 11.6 Å². The molecule has 2 heterocycles. The first kappa shape index (κ1) is 20.9. The van der Waals surface area contributed by atoms with Gasteiger partial charge >= 0.3 is 0 Å². The number of nitrogens with zero attached hydrogens (tertiary/aromatic N) is 2. The van der Waals surface area contributed by atoms with Crippen LogP contribution in [0.2, 0.25) is 0 Å². The van der Waals surface area contributed by atoms with Gasteiger partial charge in [0.2, 0.25) is 17.6 Å². The third-order valence-electron chi connectivity index (χ3n) is 5.60. The molecule has 0 spiro atoms. The lowest BCUT2D eigenvalue weighted by atomic mass is 10.0. The van der Waals surface area contributed by atoms with Gasteiger partial charge in [-0.15, -0.1) is 0 Å². The highest BCUT2D eigenvalue weighted by Gasteiger charge is 2.39. The molecule has 4 amide bonds. The van der Waals surface area contributed by atoms with Crippen molar-refractivity contribution in [2.45, 2.75) is 32.0 Å². The predicted octanol–water partition coefficient (Wildman–Crippen LogP) is 0.818. The summed E-state index contributed by atoms with van der Waals surface area (Å²) in [5.74, 6) is -2.70. The van der Waals surface area contributed by atoms with E-state index < -0.39 is 23.6 Å². The number of Topliss-reactive ketones (excluding diaryl/α,β-unsaturated/α-hetero) is 1. The Labute approximate surface area is 183 Å². The topological polar surface area (TPSA) is 136 Å². The number of hydrogen-bond donors (Lipinski definition) is 2. The van der Waals surface area contributed by atoms with Gasteiger partial charge < -0.3 is 10.2 Å². The number of ketones is 1. The van der Waals surface area contributed by atoms with Crippen LogP contribution in [-0.2, 0) is 27.5 Å². The van der Waals surface area contributed by atoms with Crippen LogP contribution in [-0.4, -0.2) is 40.4 Å². The Morgan fingerprint density at radius 2 is 1.88 bits per heavy atom. The van der Waals surface area contributed by atoms with E-state index in [0.717, 1.165) is 0 Å². The number of hydrogen-bond acceptors (Lipinski definition) is 6. The number of nitriles is 1. The summed E-state index contributed by atoms with van der Waals surface area (Å²) in [4.78, 5) is 62.6. The van der Waals surface area contributed by atoms with E-state index >= 15 is 0 Å². The lowest BCUT2D eigenvalue weighted by Crippen LogP contribution is -2.52. The second-order valence-electron chi connectivity index (χ2n) is 7.54. The van der Waals surface area contributed by atoms with Crippen molar-refractivity contribution in [2.24, 2.45) is 0 Å². The molecule has 0 saturated carbocycles. The summed E-state index contributed by atoms with van der Waals surface area (Å²) >= 11 is 0. The van der Waals surface area contributed by atoms with E-state index in [1.165, 1.54) is 29.2 Å². The molecule has 0 aliphatic carbocycles. The highest BCUT2D eigenvalue weighted by Crippen LogP contribution is 2.29. The third kappa shape index (κ3) is 3.86. The largest absolute Gasteiger partial charge is 0.345 e. The zero-order valence-corrected chi connectivity index (χ0v) is 16.9. The SMILES string of the molecule is N#Cc1ccc(C(=O)C(=O)NCc2cccc3c2CN(C2CCC(=O)NC2=O)C3=O)cc1. The lowest BCUT2D eigenvalue weighted by molar-refractivity contribution is -0.136. The Morgan fingerprint density at radius 3 is 2.56 bits per heavy atom. The number of benzene rings is 2. The molecule has 9 nitrogen and oxygen atoms in total. The van der Waals surface area contributed by atoms with Crippen molar-refractivity contribution in [3.63, 3.8) is 0 Å². The second kappa shape index (κ2) is 8.43. The Balaban J connectivity index is 1.46. The maximum Gasteiger partial charge on any atom is 0.292 e. The minimum absolute atomic E-state index is 0.0283. The number of amides is 4. The van der Waals surface area contributed by atoms with E-state index in [1.807, 2.05) is 6.07 Å². The third-order valence-corrected chi connectivity index (χ3v) is 5.60. The standard InChI is InChI=1S/C23H18N4O5/c24-10-13-4-6-14(7-5-13)20(29)22(31)25-11-15-2-1-3-16-17(15)12-27(23(16)32)18-8-9-19(28)26-21(18)30/h1-7,18H,8-9,11-12H2,(H,25,31)(H,26,28,30). The van der Waals surface area contributed by atoms with E-state index in [2.05, 4.69) is 10.6 Å². The Kier molecular flexibility index (Phi) is 5.52. The fourth-order valence-corrected chi connectivity index (χ4v) is 3.90. The number of carbonyl (C=O) groups is 5. The Hall–Kier alpha value is -4.32. The van der Waals surface area contributed by atoms with Gasteiger partial charge in [-0.1, -0.05) is 12.1 Å². The van der Waals surface area contributed by atoms with E-state index in [9.17, 15) is 24.0 Å². The molecule has 1 unspecified atom stereocenters. The van der Waals surface area contributed by atoms with Crippen LogP contribution in [0.4, 0.5) is 0 Å². The van der Waals surface area contributed by atoms with Crippen LogP contribution in [0.1, 0.15) is 50.2 Å². The Bertz CT molecular complexity index is 1200. The summed E-state index contributed by atoms with van der Waals surface area (Å²) in [7, 11) is 0. The van der Waals surface area contributed by atoms with Gasteiger partial charge in [-0.25, -0.2) is 0 Å². The zero-order valence-electron chi connectivity index (χ0n) is 16.9. The summed E-state index contributed by atoms with van der Waals surface area (Å²) in [5, 5.41) is 13.7. The van der Waals surface area contributed by atoms with Crippen LogP contribution < -0.4 is 10.6 Å². The van der Waals surface area contributed by atoms with E-state index in [4.69, 9.17) is 5.26 Å². The summed E-state index contributed by atoms with van der Waals surface area (Å²) in [6.45, 7) is 0.205. The molecule has 1 atom stereocenters.